The maximum Gasteiger partial charge on any atom is 0.165 e. The van der Waals surface area contributed by atoms with Gasteiger partial charge in [-0.25, -0.2) is 0 Å². The van der Waals surface area contributed by atoms with Crippen LogP contribution in [0.1, 0.15) is 30.6 Å². The molecule has 0 aliphatic rings. The Balaban J connectivity index is 2.21. The zero-order valence-electron chi connectivity index (χ0n) is 10.2. The molecule has 0 aliphatic heterocycles. The first-order valence-corrected chi connectivity index (χ1v) is 6.83. The monoisotopic (exact) mass is 247 g/mol. The first kappa shape index (κ1) is 12.3. The minimum Gasteiger partial charge on any atom is -0.314 e. The van der Waals surface area contributed by atoms with Gasteiger partial charge in [0.25, 0.3) is 0 Å². The number of carbonyl (C=O) groups is 1. The van der Waals surface area contributed by atoms with Crippen LogP contribution >= 0.6 is 11.3 Å². The minimum atomic E-state index is 0.228. The molecule has 1 aromatic carbocycles. The SMILES string of the molecule is CCNC(C)CC(=O)c1cccc2ccsc12. The molecule has 0 bridgehead atoms. The molecular formula is C14H17NOS. The maximum absolute atomic E-state index is 12.2. The van der Waals surface area contributed by atoms with Crippen LogP contribution in [0, 0.1) is 0 Å². The molecule has 3 heteroatoms. The highest BCUT2D eigenvalue weighted by Gasteiger charge is 2.13. The predicted molar refractivity (Wildman–Crippen MR) is 73.9 cm³/mol. The highest BCUT2D eigenvalue weighted by atomic mass is 32.1. The van der Waals surface area contributed by atoms with Gasteiger partial charge in [0.15, 0.2) is 5.78 Å². The molecule has 2 aromatic rings. The van der Waals surface area contributed by atoms with Crippen LogP contribution < -0.4 is 5.32 Å². The standard InChI is InChI=1S/C14H17NOS/c1-3-15-10(2)9-13(16)12-6-4-5-11-7-8-17-14(11)12/h4-8,10,15H,3,9H2,1-2H3. The van der Waals surface area contributed by atoms with Crippen LogP contribution in [0.15, 0.2) is 29.6 Å². The lowest BCUT2D eigenvalue weighted by atomic mass is 10.0. The van der Waals surface area contributed by atoms with E-state index in [1.54, 1.807) is 11.3 Å². The molecule has 90 valence electrons. The fourth-order valence-electron chi connectivity index (χ4n) is 2.02. The van der Waals surface area contributed by atoms with Gasteiger partial charge < -0.3 is 5.32 Å². The lowest BCUT2D eigenvalue weighted by Crippen LogP contribution is -2.28. The second kappa shape index (κ2) is 5.43. The van der Waals surface area contributed by atoms with Crippen molar-refractivity contribution in [2.75, 3.05) is 6.54 Å². The normalized spacial score (nSPS) is 12.8. The molecule has 0 radical (unpaired) electrons. The summed E-state index contributed by atoms with van der Waals surface area (Å²) in [6, 6.07) is 8.24. The molecule has 0 saturated carbocycles. The van der Waals surface area contributed by atoms with E-state index in [1.165, 1.54) is 0 Å². The summed E-state index contributed by atoms with van der Waals surface area (Å²) in [4.78, 5) is 12.2. The molecule has 17 heavy (non-hydrogen) atoms. The number of thiophene rings is 1. The fraction of sp³-hybridized carbons (Fsp3) is 0.357. The van der Waals surface area contributed by atoms with Gasteiger partial charge in [-0.05, 0) is 36.4 Å². The quantitative estimate of drug-likeness (QED) is 0.820. The molecule has 0 amide bonds. The smallest absolute Gasteiger partial charge is 0.165 e. The predicted octanol–water partition coefficient (Wildman–Crippen LogP) is 3.47. The minimum absolute atomic E-state index is 0.228. The van der Waals surface area contributed by atoms with Gasteiger partial charge in [-0.1, -0.05) is 19.1 Å². The Bertz CT molecular complexity index is 518. The average Bonchev–Trinajstić information content (AvgIpc) is 2.76. The first-order chi connectivity index (χ1) is 8.22. The van der Waals surface area contributed by atoms with Gasteiger partial charge in [0, 0.05) is 22.7 Å². The molecule has 2 rings (SSSR count). The number of hydrogen-bond acceptors (Lipinski definition) is 3. The zero-order valence-corrected chi connectivity index (χ0v) is 11.0. The van der Waals surface area contributed by atoms with Crippen LogP contribution in [0.25, 0.3) is 10.1 Å². The Hall–Kier alpha value is -1.19. The van der Waals surface area contributed by atoms with Crippen molar-refractivity contribution in [3.8, 4) is 0 Å². The van der Waals surface area contributed by atoms with E-state index in [0.717, 1.165) is 22.2 Å². The molecule has 1 N–H and O–H groups in total. The van der Waals surface area contributed by atoms with Crippen molar-refractivity contribution in [2.45, 2.75) is 26.3 Å². The van der Waals surface area contributed by atoms with Crippen molar-refractivity contribution in [3.05, 3.63) is 35.2 Å². The van der Waals surface area contributed by atoms with E-state index in [9.17, 15) is 4.79 Å². The average molecular weight is 247 g/mol. The number of benzene rings is 1. The molecule has 2 nitrogen and oxygen atoms in total. The molecule has 1 aromatic heterocycles. The van der Waals surface area contributed by atoms with Crippen LogP contribution in [-0.4, -0.2) is 18.4 Å². The van der Waals surface area contributed by atoms with E-state index in [0.29, 0.717) is 6.42 Å². The third-order valence-electron chi connectivity index (χ3n) is 2.82. The summed E-state index contributed by atoms with van der Waals surface area (Å²) in [5.74, 6) is 0.228. The van der Waals surface area contributed by atoms with Crippen molar-refractivity contribution in [2.24, 2.45) is 0 Å². The number of Topliss-reactive ketones (excluding diaryl/α,β-unsaturated/α-hetero) is 1. The van der Waals surface area contributed by atoms with E-state index in [-0.39, 0.29) is 11.8 Å². The van der Waals surface area contributed by atoms with Crippen LogP contribution in [0.3, 0.4) is 0 Å². The van der Waals surface area contributed by atoms with E-state index >= 15 is 0 Å². The molecule has 0 saturated heterocycles. The Labute approximate surface area is 106 Å². The van der Waals surface area contributed by atoms with Crippen molar-refractivity contribution in [1.29, 1.82) is 0 Å². The number of ketones is 1. The van der Waals surface area contributed by atoms with E-state index in [2.05, 4.69) is 31.3 Å². The van der Waals surface area contributed by atoms with Crippen molar-refractivity contribution >= 4 is 27.2 Å². The summed E-state index contributed by atoms with van der Waals surface area (Å²) in [7, 11) is 0. The molecule has 0 spiro atoms. The summed E-state index contributed by atoms with van der Waals surface area (Å²) in [5, 5.41) is 6.47. The summed E-state index contributed by atoms with van der Waals surface area (Å²) in [6.07, 6.45) is 0.560. The van der Waals surface area contributed by atoms with Crippen molar-refractivity contribution < 1.29 is 4.79 Å². The summed E-state index contributed by atoms with van der Waals surface area (Å²) in [6.45, 7) is 5.01. The van der Waals surface area contributed by atoms with Crippen LogP contribution in [0.4, 0.5) is 0 Å². The van der Waals surface area contributed by atoms with E-state index in [4.69, 9.17) is 0 Å². The maximum atomic E-state index is 12.2. The zero-order chi connectivity index (χ0) is 12.3. The number of hydrogen-bond donors (Lipinski definition) is 1. The molecular weight excluding hydrogens is 230 g/mol. The Kier molecular flexibility index (Phi) is 3.92. The number of carbonyl (C=O) groups excluding carboxylic acids is 1. The Morgan fingerprint density at radius 1 is 1.41 bits per heavy atom. The van der Waals surface area contributed by atoms with Gasteiger partial charge in [0.2, 0.25) is 0 Å². The lowest BCUT2D eigenvalue weighted by molar-refractivity contribution is 0.0973. The second-order valence-corrected chi connectivity index (χ2v) is 5.15. The van der Waals surface area contributed by atoms with Gasteiger partial charge in [0.1, 0.15) is 0 Å². The van der Waals surface area contributed by atoms with Gasteiger partial charge in [-0.2, -0.15) is 0 Å². The first-order valence-electron chi connectivity index (χ1n) is 5.95. The molecule has 0 fully saturated rings. The highest BCUT2D eigenvalue weighted by molar-refractivity contribution is 7.17. The topological polar surface area (TPSA) is 29.1 Å². The van der Waals surface area contributed by atoms with Gasteiger partial charge in [0.05, 0.1) is 0 Å². The molecule has 1 atom stereocenters. The Morgan fingerprint density at radius 3 is 3.00 bits per heavy atom. The summed E-state index contributed by atoms with van der Waals surface area (Å²) < 4.78 is 1.11. The number of fused-ring (bicyclic) bond motifs is 1. The van der Waals surface area contributed by atoms with Crippen molar-refractivity contribution in [3.63, 3.8) is 0 Å². The number of rotatable bonds is 5. The van der Waals surface area contributed by atoms with E-state index in [1.807, 2.05) is 17.5 Å². The molecule has 0 aliphatic carbocycles. The van der Waals surface area contributed by atoms with Gasteiger partial charge in [-0.3, -0.25) is 4.79 Å². The summed E-state index contributed by atoms with van der Waals surface area (Å²) >= 11 is 1.64. The van der Waals surface area contributed by atoms with Crippen molar-refractivity contribution in [1.82, 2.24) is 5.32 Å². The fourth-order valence-corrected chi connectivity index (χ4v) is 2.95. The van der Waals surface area contributed by atoms with Crippen LogP contribution in [0.5, 0.6) is 0 Å². The van der Waals surface area contributed by atoms with Crippen LogP contribution in [0.2, 0.25) is 0 Å². The van der Waals surface area contributed by atoms with Gasteiger partial charge >= 0.3 is 0 Å². The van der Waals surface area contributed by atoms with Crippen LogP contribution in [-0.2, 0) is 0 Å². The molecule has 1 heterocycles. The third-order valence-corrected chi connectivity index (χ3v) is 3.79. The summed E-state index contributed by atoms with van der Waals surface area (Å²) in [5.41, 5.74) is 0.863. The largest absolute Gasteiger partial charge is 0.314 e. The lowest BCUT2D eigenvalue weighted by Gasteiger charge is -2.11. The molecule has 1 unspecified atom stereocenters. The third kappa shape index (κ3) is 2.73. The highest BCUT2D eigenvalue weighted by Crippen LogP contribution is 2.25. The van der Waals surface area contributed by atoms with Gasteiger partial charge in [-0.15, -0.1) is 11.3 Å². The second-order valence-electron chi connectivity index (χ2n) is 4.23. The Morgan fingerprint density at radius 2 is 2.24 bits per heavy atom. The van der Waals surface area contributed by atoms with E-state index < -0.39 is 0 Å². The number of nitrogens with one attached hydrogen (secondary N) is 1.